The molecule has 2 aromatic rings. The topological polar surface area (TPSA) is 49.9 Å². The molecule has 6 heteroatoms. The average molecular weight is 425 g/mol. The molecule has 2 aromatic carbocycles. The number of piperidine rings is 1. The fourth-order valence-electron chi connectivity index (χ4n) is 4.54. The van der Waals surface area contributed by atoms with Gasteiger partial charge in [0, 0.05) is 19.6 Å². The minimum absolute atomic E-state index is 0.0124. The van der Waals surface area contributed by atoms with Crippen LogP contribution in [0.1, 0.15) is 37.0 Å². The van der Waals surface area contributed by atoms with E-state index in [2.05, 4.69) is 0 Å². The van der Waals surface area contributed by atoms with E-state index in [-0.39, 0.29) is 42.2 Å². The molecule has 3 atom stereocenters. The second-order valence-corrected chi connectivity index (χ2v) is 8.57. The van der Waals surface area contributed by atoms with Crippen molar-refractivity contribution in [1.82, 2.24) is 9.80 Å². The highest BCUT2D eigenvalue weighted by Gasteiger charge is 2.35. The van der Waals surface area contributed by atoms with Gasteiger partial charge in [-0.25, -0.2) is 4.39 Å². The van der Waals surface area contributed by atoms with Gasteiger partial charge in [-0.2, -0.15) is 0 Å². The quantitative estimate of drug-likeness (QED) is 0.754. The molecule has 0 radical (unpaired) electrons. The third-order valence-corrected chi connectivity index (χ3v) is 6.14. The van der Waals surface area contributed by atoms with Crippen LogP contribution in [0.2, 0.25) is 0 Å². The average Bonchev–Trinajstić information content (AvgIpc) is 2.80. The lowest BCUT2D eigenvalue weighted by atomic mass is 9.95. The van der Waals surface area contributed by atoms with E-state index < -0.39 is 0 Å². The zero-order valence-corrected chi connectivity index (χ0v) is 17.9. The number of halogens is 1. The van der Waals surface area contributed by atoms with Gasteiger partial charge in [-0.05, 0) is 43.0 Å². The van der Waals surface area contributed by atoms with Gasteiger partial charge in [-0.15, -0.1) is 0 Å². The van der Waals surface area contributed by atoms with Crippen LogP contribution in [0.5, 0.6) is 0 Å². The first kappa shape index (κ1) is 21.5. The smallest absolute Gasteiger partial charge is 0.227 e. The molecule has 2 fully saturated rings. The van der Waals surface area contributed by atoms with Gasteiger partial charge in [-0.3, -0.25) is 9.59 Å². The Hall–Kier alpha value is -2.73. The van der Waals surface area contributed by atoms with Crippen LogP contribution in [0.3, 0.4) is 0 Å². The Kier molecular flexibility index (Phi) is 6.66. The van der Waals surface area contributed by atoms with Crippen LogP contribution in [0.4, 0.5) is 4.39 Å². The second kappa shape index (κ2) is 9.60. The predicted molar refractivity (Wildman–Crippen MR) is 116 cm³/mol. The summed E-state index contributed by atoms with van der Waals surface area (Å²) in [6.07, 6.45) is 1.66. The van der Waals surface area contributed by atoms with E-state index in [1.807, 2.05) is 42.2 Å². The molecule has 0 N–H and O–H groups in total. The molecular formula is C25H29FN2O3. The number of carbonyl (C=O) groups is 2. The normalized spacial score (nSPS) is 24.1. The maximum Gasteiger partial charge on any atom is 0.227 e. The Bertz CT molecular complexity index is 903. The Morgan fingerprint density at radius 1 is 1.00 bits per heavy atom. The van der Waals surface area contributed by atoms with Crippen molar-refractivity contribution in [3.05, 3.63) is 71.5 Å². The van der Waals surface area contributed by atoms with Crippen LogP contribution in [0, 0.1) is 11.7 Å². The van der Waals surface area contributed by atoms with Crippen LogP contribution in [0.25, 0.3) is 0 Å². The van der Waals surface area contributed by atoms with Crippen molar-refractivity contribution in [3.63, 3.8) is 0 Å². The van der Waals surface area contributed by atoms with E-state index >= 15 is 0 Å². The maximum atomic E-state index is 13.3. The summed E-state index contributed by atoms with van der Waals surface area (Å²) in [5, 5.41) is 0. The van der Waals surface area contributed by atoms with E-state index in [0.717, 1.165) is 24.0 Å². The van der Waals surface area contributed by atoms with Crippen LogP contribution in [-0.2, 0) is 20.7 Å². The van der Waals surface area contributed by atoms with Crippen molar-refractivity contribution < 1.29 is 18.7 Å². The Labute approximate surface area is 182 Å². The fourth-order valence-corrected chi connectivity index (χ4v) is 4.54. The molecule has 2 aliphatic heterocycles. The van der Waals surface area contributed by atoms with Crippen LogP contribution < -0.4 is 0 Å². The second-order valence-electron chi connectivity index (χ2n) is 8.57. The van der Waals surface area contributed by atoms with Crippen molar-refractivity contribution >= 4 is 11.8 Å². The third kappa shape index (κ3) is 5.31. The molecule has 2 aliphatic rings. The number of nitrogens with zero attached hydrogens (tertiary/aromatic N) is 2. The van der Waals surface area contributed by atoms with E-state index in [0.29, 0.717) is 26.2 Å². The number of hydrogen-bond donors (Lipinski definition) is 0. The zero-order valence-electron chi connectivity index (χ0n) is 17.9. The molecule has 164 valence electrons. The van der Waals surface area contributed by atoms with Gasteiger partial charge in [0.25, 0.3) is 0 Å². The summed E-state index contributed by atoms with van der Waals surface area (Å²) >= 11 is 0. The van der Waals surface area contributed by atoms with Crippen molar-refractivity contribution in [2.24, 2.45) is 5.92 Å². The molecule has 2 saturated heterocycles. The summed E-state index contributed by atoms with van der Waals surface area (Å²) in [4.78, 5) is 29.8. The van der Waals surface area contributed by atoms with Gasteiger partial charge in [0.15, 0.2) is 0 Å². The molecule has 5 nitrogen and oxygen atoms in total. The Balaban J connectivity index is 1.38. The fraction of sp³-hybridized carbons (Fsp3) is 0.440. The Morgan fingerprint density at radius 2 is 1.74 bits per heavy atom. The van der Waals surface area contributed by atoms with Crippen molar-refractivity contribution in [1.29, 1.82) is 0 Å². The molecule has 4 rings (SSSR count). The Morgan fingerprint density at radius 3 is 2.48 bits per heavy atom. The minimum Gasteiger partial charge on any atom is -0.367 e. The van der Waals surface area contributed by atoms with Gasteiger partial charge in [0.2, 0.25) is 11.8 Å². The number of carbonyl (C=O) groups excluding carboxylic acids is 2. The van der Waals surface area contributed by atoms with Crippen molar-refractivity contribution in [3.8, 4) is 0 Å². The lowest BCUT2D eigenvalue weighted by Crippen LogP contribution is -2.51. The number of morpholine rings is 1. The number of rotatable bonds is 4. The monoisotopic (exact) mass is 424 g/mol. The standard InChI is InChI=1S/C25H29FN2O3/c1-18-15-28(17-23(31-18)20-6-3-2-4-7-20)25(30)21-8-5-13-27(16-21)24(29)14-19-9-11-22(26)12-10-19/h2-4,6-7,9-12,18,21,23H,5,8,13-17H2,1H3. The van der Waals surface area contributed by atoms with E-state index in [1.54, 1.807) is 17.0 Å². The van der Waals surface area contributed by atoms with Crippen molar-refractivity contribution in [2.45, 2.75) is 38.4 Å². The third-order valence-electron chi connectivity index (χ3n) is 6.14. The summed E-state index contributed by atoms with van der Waals surface area (Å²) in [5.41, 5.74) is 1.86. The van der Waals surface area contributed by atoms with Crippen LogP contribution in [-0.4, -0.2) is 53.9 Å². The number of likely N-dealkylation sites (tertiary alicyclic amines) is 1. The lowest BCUT2D eigenvalue weighted by molar-refractivity contribution is -0.152. The molecule has 0 bridgehead atoms. The first-order valence-corrected chi connectivity index (χ1v) is 11.0. The molecule has 31 heavy (non-hydrogen) atoms. The number of ether oxygens (including phenoxy) is 1. The van der Waals surface area contributed by atoms with E-state index in [9.17, 15) is 14.0 Å². The van der Waals surface area contributed by atoms with Gasteiger partial charge in [0.05, 0.1) is 25.0 Å². The van der Waals surface area contributed by atoms with Gasteiger partial charge in [0.1, 0.15) is 11.9 Å². The summed E-state index contributed by atoms with van der Waals surface area (Å²) in [7, 11) is 0. The number of amides is 2. The molecule has 0 aliphatic carbocycles. The summed E-state index contributed by atoms with van der Waals surface area (Å²) in [6.45, 7) is 4.21. The molecule has 3 unspecified atom stereocenters. The summed E-state index contributed by atoms with van der Waals surface area (Å²) in [6, 6.07) is 16.0. The molecular weight excluding hydrogens is 395 g/mol. The van der Waals surface area contributed by atoms with Crippen molar-refractivity contribution in [2.75, 3.05) is 26.2 Å². The lowest BCUT2D eigenvalue weighted by Gasteiger charge is -2.40. The molecule has 0 spiro atoms. The molecule has 2 amide bonds. The van der Waals surface area contributed by atoms with Gasteiger partial charge in [-0.1, -0.05) is 42.5 Å². The molecule has 2 heterocycles. The highest BCUT2D eigenvalue weighted by atomic mass is 19.1. The van der Waals surface area contributed by atoms with Crippen LogP contribution in [0.15, 0.2) is 54.6 Å². The van der Waals surface area contributed by atoms with E-state index in [1.165, 1.54) is 12.1 Å². The maximum absolute atomic E-state index is 13.3. The minimum atomic E-state index is -0.312. The largest absolute Gasteiger partial charge is 0.367 e. The van der Waals surface area contributed by atoms with Crippen LogP contribution >= 0.6 is 0 Å². The van der Waals surface area contributed by atoms with Gasteiger partial charge >= 0.3 is 0 Å². The summed E-state index contributed by atoms with van der Waals surface area (Å²) in [5.74, 6) is -0.405. The molecule has 0 saturated carbocycles. The SMILES string of the molecule is CC1CN(C(=O)C2CCCN(C(=O)Cc3ccc(F)cc3)C2)CC(c2ccccc2)O1. The zero-order chi connectivity index (χ0) is 21.8. The van der Waals surface area contributed by atoms with Gasteiger partial charge < -0.3 is 14.5 Å². The first-order valence-electron chi connectivity index (χ1n) is 11.0. The van der Waals surface area contributed by atoms with E-state index in [4.69, 9.17) is 4.74 Å². The first-order chi connectivity index (χ1) is 15.0. The highest BCUT2D eigenvalue weighted by Crippen LogP contribution is 2.28. The summed E-state index contributed by atoms with van der Waals surface area (Å²) < 4.78 is 19.2. The number of benzene rings is 2. The number of hydrogen-bond acceptors (Lipinski definition) is 3. The predicted octanol–water partition coefficient (Wildman–Crippen LogP) is 3.60. The molecule has 0 aromatic heterocycles. The highest BCUT2D eigenvalue weighted by molar-refractivity contribution is 5.82.